The Morgan fingerprint density at radius 3 is 1.67 bits per heavy atom. The summed E-state index contributed by atoms with van der Waals surface area (Å²) in [5, 5.41) is 3.93. The normalized spacial score (nSPS) is 13.3. The summed E-state index contributed by atoms with van der Waals surface area (Å²) in [6.45, 7) is 6.46. The van der Waals surface area contributed by atoms with E-state index in [-0.39, 0.29) is 5.41 Å². The summed E-state index contributed by atoms with van der Waals surface area (Å²) >= 11 is 0. The number of para-hydroxylation sites is 4. The van der Waals surface area contributed by atoms with E-state index in [1.165, 1.54) is 55.9 Å². The molecule has 0 aromatic heterocycles. The first-order valence-corrected chi connectivity index (χ1v) is 22.0. The van der Waals surface area contributed by atoms with E-state index < -0.39 is 0 Å². The average molecular weight is 813 g/mol. The van der Waals surface area contributed by atoms with Crippen LogP contribution in [-0.4, -0.2) is 13.1 Å². The van der Waals surface area contributed by atoms with Crippen LogP contribution in [0.15, 0.2) is 224 Å². The van der Waals surface area contributed by atoms with Crippen LogP contribution in [0.2, 0.25) is 0 Å². The van der Waals surface area contributed by atoms with E-state index in [1.54, 1.807) is 0 Å². The van der Waals surface area contributed by atoms with Crippen LogP contribution >= 0.6 is 0 Å². The monoisotopic (exact) mass is 812 g/mol. The largest absolute Gasteiger partial charge is 0.381 e. The smallest absolute Gasteiger partial charge is 0.0662 e. The zero-order valence-corrected chi connectivity index (χ0v) is 35.6. The highest BCUT2D eigenvalue weighted by Gasteiger charge is 2.39. The molecule has 9 aromatic carbocycles. The third-order valence-electron chi connectivity index (χ3n) is 12.9. The molecule has 2 aliphatic rings. The van der Waals surface area contributed by atoms with Gasteiger partial charge in [0, 0.05) is 63.8 Å². The predicted molar refractivity (Wildman–Crippen MR) is 266 cm³/mol. The van der Waals surface area contributed by atoms with Crippen molar-refractivity contribution < 1.29 is 0 Å². The number of hydrogen-bond acceptors (Lipinski definition) is 4. The molecule has 4 heteroatoms. The lowest BCUT2D eigenvalue weighted by atomic mass is 9.81. The highest BCUT2D eigenvalue weighted by molar-refractivity contribution is 6.06. The van der Waals surface area contributed by atoms with Crippen molar-refractivity contribution in [3.05, 3.63) is 236 Å². The van der Waals surface area contributed by atoms with E-state index in [1.807, 2.05) is 0 Å². The van der Waals surface area contributed by atoms with Crippen molar-refractivity contribution in [3.63, 3.8) is 0 Å². The fraction of sp³-hybridized carbons (Fsp3) is 0.0847. The molecule has 304 valence electrons. The highest BCUT2D eigenvalue weighted by atomic mass is 15.2. The van der Waals surface area contributed by atoms with Crippen molar-refractivity contribution in [2.45, 2.75) is 19.3 Å². The molecule has 0 saturated carbocycles. The van der Waals surface area contributed by atoms with Gasteiger partial charge >= 0.3 is 0 Å². The molecule has 1 aliphatic heterocycles. The van der Waals surface area contributed by atoms with Crippen LogP contribution in [0.1, 0.15) is 25.0 Å². The minimum absolute atomic E-state index is 0.185. The minimum Gasteiger partial charge on any atom is -0.381 e. The SMILES string of the molecule is CC1(C)c2ccccc2-c2c1ccc(N(c1ccc(N(c3ccccc3)c3ccccc3)cc1)c1cccc(-c3ccccc3)c1)c2-c1cccc2c1NCCN2c1ccccc1. The summed E-state index contributed by atoms with van der Waals surface area (Å²) in [6, 6.07) is 81.5. The van der Waals surface area contributed by atoms with Crippen LogP contribution in [0.25, 0.3) is 33.4 Å². The molecule has 0 atom stereocenters. The molecule has 1 heterocycles. The summed E-state index contributed by atoms with van der Waals surface area (Å²) in [4.78, 5) is 7.26. The van der Waals surface area contributed by atoms with Gasteiger partial charge in [0.05, 0.1) is 17.1 Å². The molecule has 1 aliphatic carbocycles. The van der Waals surface area contributed by atoms with Gasteiger partial charge < -0.3 is 20.0 Å². The van der Waals surface area contributed by atoms with Crippen LogP contribution in [0.5, 0.6) is 0 Å². The molecule has 0 spiro atoms. The fourth-order valence-corrected chi connectivity index (χ4v) is 9.93. The van der Waals surface area contributed by atoms with Crippen molar-refractivity contribution in [1.82, 2.24) is 0 Å². The first kappa shape index (κ1) is 38.1. The summed E-state index contributed by atoms with van der Waals surface area (Å²) in [5.41, 5.74) is 20.0. The summed E-state index contributed by atoms with van der Waals surface area (Å²) in [7, 11) is 0. The molecule has 63 heavy (non-hydrogen) atoms. The highest BCUT2D eigenvalue weighted by Crippen LogP contribution is 2.58. The molecule has 0 amide bonds. The van der Waals surface area contributed by atoms with E-state index in [2.05, 4.69) is 258 Å². The maximum atomic E-state index is 3.93. The molecule has 11 rings (SSSR count). The third-order valence-corrected chi connectivity index (χ3v) is 12.9. The first-order chi connectivity index (χ1) is 31.0. The lowest BCUT2D eigenvalue weighted by Crippen LogP contribution is -2.30. The van der Waals surface area contributed by atoms with Crippen LogP contribution in [0.3, 0.4) is 0 Å². The van der Waals surface area contributed by atoms with Crippen molar-refractivity contribution in [2.24, 2.45) is 0 Å². The van der Waals surface area contributed by atoms with Gasteiger partial charge in [-0.05, 0) is 118 Å². The van der Waals surface area contributed by atoms with Crippen LogP contribution in [-0.2, 0) is 5.41 Å². The van der Waals surface area contributed by atoms with E-state index in [0.717, 1.165) is 52.9 Å². The van der Waals surface area contributed by atoms with Gasteiger partial charge in [-0.15, -0.1) is 0 Å². The molecular formula is C59H48N4. The van der Waals surface area contributed by atoms with Gasteiger partial charge in [0.15, 0.2) is 0 Å². The van der Waals surface area contributed by atoms with Gasteiger partial charge in [0.1, 0.15) is 0 Å². The Bertz CT molecular complexity index is 3010. The van der Waals surface area contributed by atoms with Crippen LogP contribution in [0, 0.1) is 0 Å². The van der Waals surface area contributed by atoms with Crippen molar-refractivity contribution >= 4 is 51.2 Å². The van der Waals surface area contributed by atoms with Gasteiger partial charge in [-0.1, -0.05) is 153 Å². The predicted octanol–water partition coefficient (Wildman–Crippen LogP) is 15.8. The van der Waals surface area contributed by atoms with E-state index >= 15 is 0 Å². The van der Waals surface area contributed by atoms with Gasteiger partial charge in [0.2, 0.25) is 0 Å². The second-order valence-electron chi connectivity index (χ2n) is 16.9. The van der Waals surface area contributed by atoms with Crippen LogP contribution < -0.4 is 20.0 Å². The molecule has 9 aromatic rings. The molecule has 0 saturated heterocycles. The second-order valence-corrected chi connectivity index (χ2v) is 16.9. The van der Waals surface area contributed by atoms with Gasteiger partial charge in [-0.2, -0.15) is 0 Å². The Kier molecular flexibility index (Phi) is 9.62. The van der Waals surface area contributed by atoms with Crippen LogP contribution in [0.4, 0.5) is 51.2 Å². The zero-order valence-electron chi connectivity index (χ0n) is 35.6. The molecule has 1 N–H and O–H groups in total. The maximum Gasteiger partial charge on any atom is 0.0662 e. The number of hydrogen-bond donors (Lipinski definition) is 1. The molecular weight excluding hydrogens is 765 g/mol. The number of anilines is 9. The van der Waals surface area contributed by atoms with E-state index in [0.29, 0.717) is 0 Å². The Labute approximate surface area is 371 Å². The minimum atomic E-state index is -0.185. The Hall–Kier alpha value is -7.82. The Morgan fingerprint density at radius 2 is 0.968 bits per heavy atom. The van der Waals surface area contributed by atoms with E-state index in [4.69, 9.17) is 0 Å². The number of benzene rings is 9. The number of rotatable bonds is 9. The number of nitrogens with zero attached hydrogens (tertiary/aromatic N) is 3. The molecule has 0 bridgehead atoms. The van der Waals surface area contributed by atoms with Gasteiger partial charge in [-0.3, -0.25) is 0 Å². The first-order valence-electron chi connectivity index (χ1n) is 22.0. The quantitative estimate of drug-likeness (QED) is 0.157. The van der Waals surface area contributed by atoms with Gasteiger partial charge in [0.25, 0.3) is 0 Å². The zero-order chi connectivity index (χ0) is 42.3. The average Bonchev–Trinajstić information content (AvgIpc) is 3.58. The lowest BCUT2D eigenvalue weighted by molar-refractivity contribution is 0.660. The molecule has 0 radical (unpaired) electrons. The standard InChI is InChI=1S/C59H48N4/c1-59(2)52-31-16-15-29-50(52)56-53(59)37-38-54(57(56)51-30-18-32-55-58(51)60-39-40-61(55)44-22-9-4-10-23-44)63(49-28-17-21-43(41-49)42-19-7-3-8-20-42)48-35-33-47(34-36-48)62(45-24-11-5-12-25-45)46-26-13-6-14-27-46/h3-38,41,60H,39-40H2,1-2H3. The summed E-state index contributed by atoms with van der Waals surface area (Å²) in [6.07, 6.45) is 0. The third kappa shape index (κ3) is 6.72. The summed E-state index contributed by atoms with van der Waals surface area (Å²) in [5.74, 6) is 0. The number of nitrogens with one attached hydrogen (secondary N) is 1. The topological polar surface area (TPSA) is 21.8 Å². The fourth-order valence-electron chi connectivity index (χ4n) is 9.93. The number of fused-ring (bicyclic) bond motifs is 4. The summed E-state index contributed by atoms with van der Waals surface area (Å²) < 4.78 is 0. The van der Waals surface area contributed by atoms with Gasteiger partial charge in [-0.25, -0.2) is 0 Å². The van der Waals surface area contributed by atoms with E-state index in [9.17, 15) is 0 Å². The van der Waals surface area contributed by atoms with Crippen molar-refractivity contribution in [2.75, 3.05) is 33.1 Å². The Morgan fingerprint density at radius 1 is 0.429 bits per heavy atom. The van der Waals surface area contributed by atoms with Crippen molar-refractivity contribution in [3.8, 4) is 33.4 Å². The van der Waals surface area contributed by atoms with Crippen molar-refractivity contribution in [1.29, 1.82) is 0 Å². The lowest BCUT2D eigenvalue weighted by Gasteiger charge is -2.35. The molecule has 0 unspecified atom stereocenters. The maximum absolute atomic E-state index is 3.93. The Balaban J connectivity index is 1.17. The second kappa shape index (κ2) is 15.9. The molecule has 0 fully saturated rings. The molecule has 4 nitrogen and oxygen atoms in total.